The van der Waals surface area contributed by atoms with Crippen molar-refractivity contribution in [1.29, 1.82) is 0 Å². The monoisotopic (exact) mass is 380 g/mol. The summed E-state index contributed by atoms with van der Waals surface area (Å²) in [5.74, 6) is 2.11. The van der Waals surface area contributed by atoms with Gasteiger partial charge in [-0.1, -0.05) is 18.7 Å². The SMILES string of the molecule is C=C(c1cc(OC)cc(OC)c1)N1CCC(c2nc3ccccc3s2)CC1. The highest BCUT2D eigenvalue weighted by Gasteiger charge is 2.24. The standard InChI is InChI=1S/C22H24N2O2S/c1-15(17-12-18(25-2)14-19(13-17)26-3)24-10-8-16(9-11-24)22-23-20-6-4-5-7-21(20)27-22/h4-7,12-14,16H,1,8-11H2,2-3H3. The molecule has 1 aliphatic rings. The summed E-state index contributed by atoms with van der Waals surface area (Å²) in [4.78, 5) is 7.21. The number of aromatic nitrogens is 1. The summed E-state index contributed by atoms with van der Waals surface area (Å²) < 4.78 is 12.1. The van der Waals surface area contributed by atoms with Gasteiger partial charge in [-0.25, -0.2) is 4.98 Å². The molecule has 1 aliphatic heterocycles. The fraction of sp³-hybridized carbons (Fsp3) is 0.318. The number of ether oxygens (including phenoxy) is 2. The maximum Gasteiger partial charge on any atom is 0.123 e. The van der Waals surface area contributed by atoms with Gasteiger partial charge in [-0.3, -0.25) is 0 Å². The lowest BCUT2D eigenvalue weighted by Crippen LogP contribution is -2.31. The molecule has 2 aromatic carbocycles. The molecule has 1 fully saturated rings. The summed E-state index contributed by atoms with van der Waals surface area (Å²) in [5.41, 5.74) is 3.19. The lowest BCUT2D eigenvalue weighted by molar-refractivity contribution is 0.299. The molecule has 5 heteroatoms. The molecule has 0 atom stereocenters. The van der Waals surface area contributed by atoms with Gasteiger partial charge in [0.25, 0.3) is 0 Å². The van der Waals surface area contributed by atoms with Crippen LogP contribution in [0, 0.1) is 0 Å². The van der Waals surface area contributed by atoms with Crippen molar-refractivity contribution in [3.05, 3.63) is 59.6 Å². The average Bonchev–Trinajstić information content (AvgIpc) is 3.17. The highest BCUT2D eigenvalue weighted by Crippen LogP contribution is 2.36. The first kappa shape index (κ1) is 17.9. The molecule has 0 amide bonds. The van der Waals surface area contributed by atoms with E-state index in [0.29, 0.717) is 5.92 Å². The molecule has 0 saturated carbocycles. The number of likely N-dealkylation sites (tertiary alicyclic amines) is 1. The number of thiazole rings is 1. The Hall–Kier alpha value is -2.53. The van der Waals surface area contributed by atoms with Crippen LogP contribution < -0.4 is 9.47 Å². The summed E-state index contributed by atoms with van der Waals surface area (Å²) >= 11 is 1.83. The molecular formula is C22H24N2O2S. The molecule has 1 saturated heterocycles. The smallest absolute Gasteiger partial charge is 0.123 e. The highest BCUT2D eigenvalue weighted by molar-refractivity contribution is 7.18. The van der Waals surface area contributed by atoms with Crippen molar-refractivity contribution in [2.75, 3.05) is 27.3 Å². The largest absolute Gasteiger partial charge is 0.497 e. The van der Waals surface area contributed by atoms with E-state index in [1.54, 1.807) is 14.2 Å². The number of nitrogens with zero attached hydrogens (tertiary/aromatic N) is 2. The third-order valence-corrected chi connectivity index (χ3v) is 6.42. The Morgan fingerprint density at radius 2 is 1.74 bits per heavy atom. The summed E-state index contributed by atoms with van der Waals surface area (Å²) in [7, 11) is 3.34. The van der Waals surface area contributed by atoms with Gasteiger partial charge in [0.2, 0.25) is 0 Å². The summed E-state index contributed by atoms with van der Waals surface area (Å²) in [5, 5.41) is 1.27. The first-order valence-electron chi connectivity index (χ1n) is 9.20. The van der Waals surface area contributed by atoms with Gasteiger partial charge in [-0.15, -0.1) is 11.3 Å². The van der Waals surface area contributed by atoms with Gasteiger partial charge in [0.05, 0.1) is 29.4 Å². The van der Waals surface area contributed by atoms with Crippen LogP contribution in [0.4, 0.5) is 0 Å². The number of hydrogen-bond acceptors (Lipinski definition) is 5. The minimum Gasteiger partial charge on any atom is -0.497 e. The van der Waals surface area contributed by atoms with Crippen molar-refractivity contribution in [3.63, 3.8) is 0 Å². The zero-order chi connectivity index (χ0) is 18.8. The van der Waals surface area contributed by atoms with Gasteiger partial charge in [-0.2, -0.15) is 0 Å². The molecule has 140 valence electrons. The summed E-state index contributed by atoms with van der Waals surface area (Å²) in [6, 6.07) is 14.3. The number of para-hydroxylation sites is 1. The maximum atomic E-state index is 5.39. The van der Waals surface area contributed by atoms with E-state index in [9.17, 15) is 0 Å². The van der Waals surface area contributed by atoms with E-state index in [2.05, 4.69) is 35.7 Å². The molecule has 0 radical (unpaired) electrons. The van der Waals surface area contributed by atoms with Gasteiger partial charge in [0.1, 0.15) is 11.5 Å². The number of fused-ring (bicyclic) bond motifs is 1. The van der Waals surface area contributed by atoms with Crippen LogP contribution in [0.2, 0.25) is 0 Å². The van der Waals surface area contributed by atoms with Gasteiger partial charge in [0.15, 0.2) is 0 Å². The second kappa shape index (κ2) is 7.61. The van der Waals surface area contributed by atoms with Crippen molar-refractivity contribution in [2.45, 2.75) is 18.8 Å². The van der Waals surface area contributed by atoms with Crippen molar-refractivity contribution < 1.29 is 9.47 Å². The van der Waals surface area contributed by atoms with E-state index in [1.165, 1.54) is 9.71 Å². The molecule has 1 aromatic heterocycles. The number of benzene rings is 2. The molecule has 2 heterocycles. The average molecular weight is 381 g/mol. The van der Waals surface area contributed by atoms with Crippen LogP contribution in [-0.4, -0.2) is 37.2 Å². The van der Waals surface area contributed by atoms with Crippen molar-refractivity contribution in [1.82, 2.24) is 9.88 Å². The summed E-state index contributed by atoms with van der Waals surface area (Å²) in [6.45, 7) is 6.30. The first-order valence-corrected chi connectivity index (χ1v) is 10.0. The lowest BCUT2D eigenvalue weighted by atomic mass is 9.96. The van der Waals surface area contributed by atoms with Crippen LogP contribution >= 0.6 is 11.3 Å². The second-order valence-corrected chi connectivity index (χ2v) is 7.89. The summed E-state index contributed by atoms with van der Waals surface area (Å²) in [6.07, 6.45) is 2.19. The molecule has 0 aliphatic carbocycles. The van der Waals surface area contributed by atoms with Gasteiger partial charge in [0, 0.05) is 36.3 Å². The van der Waals surface area contributed by atoms with Crippen LogP contribution in [0.25, 0.3) is 15.9 Å². The first-order chi connectivity index (χ1) is 13.2. The molecule has 27 heavy (non-hydrogen) atoms. The molecule has 4 rings (SSSR count). The molecule has 0 unspecified atom stereocenters. The van der Waals surface area contributed by atoms with Crippen LogP contribution in [0.1, 0.15) is 29.3 Å². The van der Waals surface area contributed by atoms with E-state index in [4.69, 9.17) is 14.5 Å². The maximum absolute atomic E-state index is 5.39. The van der Waals surface area contributed by atoms with E-state index in [0.717, 1.165) is 54.2 Å². The van der Waals surface area contributed by atoms with Gasteiger partial charge >= 0.3 is 0 Å². The minimum atomic E-state index is 0.534. The fourth-order valence-corrected chi connectivity index (χ4v) is 4.75. The molecular weight excluding hydrogens is 356 g/mol. The predicted octanol–water partition coefficient (Wildman–Crippen LogP) is 5.16. The van der Waals surface area contributed by atoms with Crippen LogP contribution in [0.15, 0.2) is 49.0 Å². The van der Waals surface area contributed by atoms with Crippen LogP contribution in [0.3, 0.4) is 0 Å². The second-order valence-electron chi connectivity index (χ2n) is 6.83. The number of hydrogen-bond donors (Lipinski definition) is 0. The van der Waals surface area contributed by atoms with E-state index >= 15 is 0 Å². The van der Waals surface area contributed by atoms with E-state index in [1.807, 2.05) is 29.5 Å². The zero-order valence-electron chi connectivity index (χ0n) is 15.8. The van der Waals surface area contributed by atoms with E-state index < -0.39 is 0 Å². The molecule has 0 spiro atoms. The predicted molar refractivity (Wildman–Crippen MR) is 112 cm³/mol. The van der Waals surface area contributed by atoms with Crippen molar-refractivity contribution in [3.8, 4) is 11.5 Å². The Morgan fingerprint density at radius 1 is 1.07 bits per heavy atom. The quantitative estimate of drug-likeness (QED) is 0.612. The number of rotatable bonds is 5. The van der Waals surface area contributed by atoms with Crippen molar-refractivity contribution >= 4 is 27.3 Å². The van der Waals surface area contributed by atoms with E-state index in [-0.39, 0.29) is 0 Å². The zero-order valence-corrected chi connectivity index (χ0v) is 16.6. The van der Waals surface area contributed by atoms with Crippen LogP contribution in [0.5, 0.6) is 11.5 Å². The van der Waals surface area contributed by atoms with Gasteiger partial charge < -0.3 is 14.4 Å². The lowest BCUT2D eigenvalue weighted by Gasteiger charge is -2.34. The minimum absolute atomic E-state index is 0.534. The normalized spacial score (nSPS) is 15.1. The topological polar surface area (TPSA) is 34.6 Å². The third-order valence-electron chi connectivity index (χ3n) is 5.22. The fourth-order valence-electron chi connectivity index (χ4n) is 3.62. The molecule has 3 aromatic rings. The van der Waals surface area contributed by atoms with Crippen LogP contribution in [-0.2, 0) is 0 Å². The Morgan fingerprint density at radius 3 is 2.37 bits per heavy atom. The molecule has 0 N–H and O–H groups in total. The molecule has 4 nitrogen and oxygen atoms in total. The Bertz CT molecular complexity index is 903. The Balaban J connectivity index is 1.46. The van der Waals surface area contributed by atoms with Gasteiger partial charge in [-0.05, 0) is 37.1 Å². The third kappa shape index (κ3) is 3.65. The Labute approximate surface area is 164 Å². The number of methoxy groups -OCH3 is 2. The Kier molecular flexibility index (Phi) is 5.03. The highest BCUT2D eigenvalue weighted by atomic mass is 32.1. The number of piperidine rings is 1. The van der Waals surface area contributed by atoms with Crippen molar-refractivity contribution in [2.24, 2.45) is 0 Å². The molecule has 0 bridgehead atoms.